The Balaban J connectivity index is 1.73. The lowest BCUT2D eigenvalue weighted by atomic mass is 9.94. The molecule has 2 aliphatic rings. The fraction of sp³-hybridized carbons (Fsp3) is 0.571. The number of piperidine rings is 1. The number of hydrogen-bond acceptors (Lipinski definition) is 3. The molecule has 0 saturated carbocycles. The molecular formula is C14H19NO2. The summed E-state index contributed by atoms with van der Waals surface area (Å²) in [5.74, 6) is -0.428. The Kier molecular flexibility index (Phi) is 2.69. The summed E-state index contributed by atoms with van der Waals surface area (Å²) < 4.78 is 11.8. The van der Waals surface area contributed by atoms with Crippen molar-refractivity contribution in [3.63, 3.8) is 0 Å². The van der Waals surface area contributed by atoms with E-state index >= 15 is 0 Å². The third-order valence-corrected chi connectivity index (χ3v) is 3.52. The van der Waals surface area contributed by atoms with Gasteiger partial charge in [-0.1, -0.05) is 30.3 Å². The molecule has 2 fully saturated rings. The highest BCUT2D eigenvalue weighted by molar-refractivity contribution is 5.20. The van der Waals surface area contributed by atoms with Crippen molar-refractivity contribution in [1.29, 1.82) is 0 Å². The average Bonchev–Trinajstić information content (AvgIpc) is 2.63. The molecule has 3 nitrogen and oxygen atoms in total. The molecule has 1 aromatic carbocycles. The van der Waals surface area contributed by atoms with Crippen LogP contribution in [0.4, 0.5) is 0 Å². The summed E-state index contributed by atoms with van der Waals surface area (Å²) in [6, 6.07) is 10.9. The van der Waals surface area contributed by atoms with E-state index in [4.69, 9.17) is 9.47 Å². The van der Waals surface area contributed by atoms with E-state index in [-0.39, 0.29) is 12.2 Å². The summed E-state index contributed by atoms with van der Waals surface area (Å²) in [5.41, 5.74) is 1.33. The Bertz CT molecular complexity index is 390. The second-order valence-corrected chi connectivity index (χ2v) is 5.32. The number of nitrogens with one attached hydrogen (secondary N) is 1. The van der Waals surface area contributed by atoms with Gasteiger partial charge in [-0.05, 0) is 25.8 Å². The van der Waals surface area contributed by atoms with Gasteiger partial charge in [0.1, 0.15) is 0 Å². The largest absolute Gasteiger partial charge is 0.344 e. The first-order valence-corrected chi connectivity index (χ1v) is 6.28. The molecule has 0 spiro atoms. The lowest BCUT2D eigenvalue weighted by molar-refractivity contribution is -0.144. The fourth-order valence-electron chi connectivity index (χ4n) is 2.79. The normalized spacial score (nSPS) is 35.5. The van der Waals surface area contributed by atoms with Gasteiger partial charge in [0.15, 0.2) is 5.79 Å². The Morgan fingerprint density at radius 2 is 1.82 bits per heavy atom. The van der Waals surface area contributed by atoms with E-state index in [0.717, 1.165) is 13.0 Å². The minimum Gasteiger partial charge on any atom is -0.344 e. The van der Waals surface area contributed by atoms with Crippen molar-refractivity contribution >= 4 is 0 Å². The molecule has 17 heavy (non-hydrogen) atoms. The van der Waals surface area contributed by atoms with Gasteiger partial charge in [-0.3, -0.25) is 0 Å². The summed E-state index contributed by atoms with van der Waals surface area (Å²) in [5, 5.41) is 3.54. The van der Waals surface area contributed by atoms with Gasteiger partial charge in [-0.2, -0.15) is 0 Å². The number of fused-ring (bicyclic) bond motifs is 1. The average molecular weight is 233 g/mol. The van der Waals surface area contributed by atoms with Gasteiger partial charge in [-0.25, -0.2) is 0 Å². The third-order valence-electron chi connectivity index (χ3n) is 3.52. The smallest absolute Gasteiger partial charge is 0.163 e. The summed E-state index contributed by atoms with van der Waals surface area (Å²) in [6.45, 7) is 4.85. The zero-order valence-electron chi connectivity index (χ0n) is 10.3. The summed E-state index contributed by atoms with van der Waals surface area (Å²) in [6.07, 6.45) is 1.40. The molecule has 2 saturated heterocycles. The first-order chi connectivity index (χ1) is 8.14. The van der Waals surface area contributed by atoms with Crippen LogP contribution in [0.25, 0.3) is 0 Å². The summed E-state index contributed by atoms with van der Waals surface area (Å²) in [7, 11) is 0. The molecule has 3 rings (SSSR count). The minimum absolute atomic E-state index is 0.199. The standard InChI is InChI=1S/C14H19NO2/c1-14(2)16-12-8-11(15-9-13(12)17-14)10-6-4-3-5-7-10/h3-7,11-13,15H,8-9H2,1-2H3/t11-,12-,13+/m0/s1. The number of ether oxygens (including phenoxy) is 2. The van der Waals surface area contributed by atoms with Crippen molar-refractivity contribution in [2.24, 2.45) is 0 Å². The van der Waals surface area contributed by atoms with Crippen molar-refractivity contribution in [3.8, 4) is 0 Å². The number of rotatable bonds is 1. The van der Waals surface area contributed by atoms with E-state index in [9.17, 15) is 0 Å². The zero-order valence-corrected chi connectivity index (χ0v) is 10.3. The van der Waals surface area contributed by atoms with Gasteiger partial charge in [0.2, 0.25) is 0 Å². The second kappa shape index (κ2) is 4.09. The second-order valence-electron chi connectivity index (χ2n) is 5.32. The summed E-state index contributed by atoms with van der Waals surface area (Å²) in [4.78, 5) is 0. The molecule has 2 heterocycles. The van der Waals surface area contributed by atoms with Crippen LogP contribution in [0.2, 0.25) is 0 Å². The van der Waals surface area contributed by atoms with Crippen LogP contribution in [0.5, 0.6) is 0 Å². The maximum atomic E-state index is 5.94. The third kappa shape index (κ3) is 2.23. The first-order valence-electron chi connectivity index (χ1n) is 6.28. The minimum atomic E-state index is -0.428. The monoisotopic (exact) mass is 233 g/mol. The molecule has 0 amide bonds. The number of benzene rings is 1. The molecule has 3 heteroatoms. The van der Waals surface area contributed by atoms with Gasteiger partial charge < -0.3 is 14.8 Å². The quantitative estimate of drug-likeness (QED) is 0.807. The highest BCUT2D eigenvalue weighted by atomic mass is 16.8. The van der Waals surface area contributed by atoms with E-state index in [0.29, 0.717) is 6.04 Å². The van der Waals surface area contributed by atoms with Crippen LogP contribution in [0.1, 0.15) is 31.9 Å². The van der Waals surface area contributed by atoms with Crippen LogP contribution >= 0.6 is 0 Å². The van der Waals surface area contributed by atoms with Crippen LogP contribution < -0.4 is 5.32 Å². The van der Waals surface area contributed by atoms with Crippen LogP contribution in [-0.4, -0.2) is 24.5 Å². The van der Waals surface area contributed by atoms with Gasteiger partial charge in [0.05, 0.1) is 12.2 Å². The molecule has 0 unspecified atom stereocenters. The molecule has 2 aliphatic heterocycles. The predicted octanol–water partition coefficient (Wildman–Crippen LogP) is 2.24. The van der Waals surface area contributed by atoms with Crippen molar-refractivity contribution in [2.45, 2.75) is 44.3 Å². The Morgan fingerprint density at radius 3 is 2.59 bits per heavy atom. The molecule has 0 bridgehead atoms. The zero-order chi connectivity index (χ0) is 11.9. The van der Waals surface area contributed by atoms with Gasteiger partial charge >= 0.3 is 0 Å². The van der Waals surface area contributed by atoms with Gasteiger partial charge in [-0.15, -0.1) is 0 Å². The maximum Gasteiger partial charge on any atom is 0.163 e. The van der Waals surface area contributed by atoms with Crippen molar-refractivity contribution in [2.75, 3.05) is 6.54 Å². The van der Waals surface area contributed by atoms with Crippen LogP contribution in [0, 0.1) is 0 Å². The van der Waals surface area contributed by atoms with Gasteiger partial charge in [0, 0.05) is 12.6 Å². The van der Waals surface area contributed by atoms with E-state index in [1.807, 2.05) is 19.9 Å². The molecule has 92 valence electrons. The van der Waals surface area contributed by atoms with Crippen LogP contribution in [-0.2, 0) is 9.47 Å². The highest BCUT2D eigenvalue weighted by Gasteiger charge is 2.44. The lowest BCUT2D eigenvalue weighted by Gasteiger charge is -2.30. The van der Waals surface area contributed by atoms with Crippen molar-refractivity contribution < 1.29 is 9.47 Å². The SMILES string of the molecule is CC1(C)O[C@H]2C[C@@H](c3ccccc3)NC[C@H]2O1. The summed E-state index contributed by atoms with van der Waals surface area (Å²) >= 11 is 0. The molecular weight excluding hydrogens is 214 g/mol. The predicted molar refractivity (Wildman–Crippen MR) is 65.6 cm³/mol. The van der Waals surface area contributed by atoms with E-state index in [1.54, 1.807) is 0 Å². The molecule has 1 N–H and O–H groups in total. The Morgan fingerprint density at radius 1 is 1.12 bits per heavy atom. The lowest BCUT2D eigenvalue weighted by Crippen LogP contribution is -2.44. The molecule has 3 atom stereocenters. The van der Waals surface area contributed by atoms with Crippen LogP contribution in [0.15, 0.2) is 30.3 Å². The van der Waals surface area contributed by atoms with E-state index < -0.39 is 5.79 Å². The molecule has 0 aliphatic carbocycles. The van der Waals surface area contributed by atoms with E-state index in [2.05, 4.69) is 29.6 Å². The van der Waals surface area contributed by atoms with Crippen LogP contribution in [0.3, 0.4) is 0 Å². The maximum absolute atomic E-state index is 5.94. The molecule has 0 aromatic heterocycles. The first kappa shape index (κ1) is 11.2. The molecule has 0 radical (unpaired) electrons. The van der Waals surface area contributed by atoms with Crippen molar-refractivity contribution in [3.05, 3.63) is 35.9 Å². The van der Waals surface area contributed by atoms with E-state index in [1.165, 1.54) is 5.56 Å². The Labute approximate surface area is 102 Å². The Hall–Kier alpha value is -0.900. The fourth-order valence-corrected chi connectivity index (χ4v) is 2.79. The highest BCUT2D eigenvalue weighted by Crippen LogP contribution is 2.36. The van der Waals surface area contributed by atoms with Crippen molar-refractivity contribution in [1.82, 2.24) is 5.32 Å². The van der Waals surface area contributed by atoms with Gasteiger partial charge in [0.25, 0.3) is 0 Å². The topological polar surface area (TPSA) is 30.5 Å². The molecule has 1 aromatic rings. The number of hydrogen-bond donors (Lipinski definition) is 1.